The van der Waals surface area contributed by atoms with Crippen LogP contribution in [0.3, 0.4) is 0 Å². The molecule has 0 fully saturated rings. The molecule has 7 N–H and O–H groups in total. The summed E-state index contributed by atoms with van der Waals surface area (Å²) in [4.78, 5) is 109. The largest absolute Gasteiger partial charge is 0.444 e. The van der Waals surface area contributed by atoms with Crippen molar-refractivity contribution in [1.29, 1.82) is 0 Å². The second-order valence-corrected chi connectivity index (χ2v) is 24.0. The summed E-state index contributed by atoms with van der Waals surface area (Å²) in [7, 11) is 6.47. The van der Waals surface area contributed by atoms with E-state index in [1.165, 1.54) is 22.8 Å². The third kappa shape index (κ3) is 16.9. The number of terminal acetylenes is 2. The van der Waals surface area contributed by atoms with Gasteiger partial charge in [-0.1, -0.05) is 68.5 Å². The maximum atomic E-state index is 12.9. The van der Waals surface area contributed by atoms with Gasteiger partial charge in [-0.15, -0.1) is 23.9 Å². The van der Waals surface area contributed by atoms with E-state index in [4.69, 9.17) is 45.4 Å². The number of nitrogens with one attached hydrogen (secondary N) is 3. The average molecular weight is 1330 g/mol. The Labute approximate surface area is 560 Å². The summed E-state index contributed by atoms with van der Waals surface area (Å²) in [6.07, 6.45) is 13.0. The van der Waals surface area contributed by atoms with Gasteiger partial charge in [0.2, 0.25) is 0 Å². The minimum atomic E-state index is -0.597. The van der Waals surface area contributed by atoms with E-state index >= 15 is 0 Å². The number of hydrogen-bond donors (Lipinski definition) is 5. The third-order valence-electron chi connectivity index (χ3n) is 14.1. The molecule has 3 amide bonds. The summed E-state index contributed by atoms with van der Waals surface area (Å²) in [6.45, 7) is 19.4. The van der Waals surface area contributed by atoms with Crippen molar-refractivity contribution in [1.82, 2.24) is 68.8 Å². The first kappa shape index (κ1) is 75.5. The highest BCUT2D eigenvalue weighted by Gasteiger charge is 2.26. The average Bonchev–Trinajstić information content (AvgIpc) is 0.974. The van der Waals surface area contributed by atoms with Gasteiger partial charge in [0.05, 0.1) is 72.8 Å². The highest BCUT2D eigenvalue weighted by molar-refractivity contribution is 6.35. The van der Waals surface area contributed by atoms with E-state index in [0.717, 1.165) is 0 Å². The van der Waals surface area contributed by atoms with Gasteiger partial charge < -0.3 is 36.9 Å². The first-order chi connectivity index (χ1) is 44.2. The second kappa shape index (κ2) is 31.2. The van der Waals surface area contributed by atoms with Gasteiger partial charge in [-0.3, -0.25) is 42.2 Å². The molecule has 0 unspecified atom stereocenters. The number of nitrogens with zero attached hydrogens (tertiary/aromatic N) is 11. The molecule has 25 nitrogen and oxygen atoms in total. The molecule has 0 bridgehead atoms. The first-order valence-electron chi connectivity index (χ1n) is 29.4. The number of hydrogen-bond acceptors (Lipinski definition) is 17. The topological polar surface area (TPSA) is 328 Å². The first-order valence-corrected chi connectivity index (χ1v) is 29.7. The number of anilines is 1. The van der Waals surface area contributed by atoms with Crippen molar-refractivity contribution in [2.24, 2.45) is 33.9 Å². The van der Waals surface area contributed by atoms with E-state index in [0.29, 0.717) is 94.3 Å². The lowest BCUT2D eigenvalue weighted by molar-refractivity contribution is 0.0493. The predicted molar refractivity (Wildman–Crippen MR) is 376 cm³/mol. The highest BCUT2D eigenvalue weighted by Crippen LogP contribution is 2.24. The third-order valence-corrected chi connectivity index (χ3v) is 14.4. The van der Waals surface area contributed by atoms with Gasteiger partial charge in [-0.2, -0.15) is 0 Å². The molecule has 96 heavy (non-hydrogen) atoms. The second-order valence-electron chi connectivity index (χ2n) is 23.6. The quantitative estimate of drug-likeness (QED) is 0.0884. The van der Waals surface area contributed by atoms with Crippen LogP contribution in [0.5, 0.6) is 0 Å². The molecule has 6 aromatic heterocycles. The zero-order valence-electron chi connectivity index (χ0n) is 54.8. The standard InChI is InChI=1S/C20H17N7O2.C19H23N3O3.C16H20ClN3O3.C13H13N3O.2CH4/c1-4-12-7-5-8-13-14(12)20(29)26(3)17(24-13)11(2)23-19(28)15-16(21)25-27-10-6-9-22-18(15)27;1-7-9-13-10-8-11-14-15(13)17(23)22(6)16(21-14)12(2)20-18(24)25-19(3,4)5;1-9(18-15(22)23-16(2,3)4)13-19-11-8-6-7-10(17)12(11)14(21)20(13)5;1-4-9-6-5-7-10-11(9)13(17)16(3)12(15-10)8(2)14;;/h1,5-11H,2-3H3,(H2,21,25)(H,23,28);8,10-12H,1-6H3,(H,20,24);6-9H,1-5H3,(H,18,22);1,5-8H,14H2,2-3H3;2*1H4/t11-;12-;9-;8-;;/m0000../s1. The number of rotatable bonds is 8. The predicted octanol–water partition coefficient (Wildman–Crippen LogP) is 9.30. The van der Waals surface area contributed by atoms with Crippen molar-refractivity contribution < 1.29 is 23.9 Å². The van der Waals surface area contributed by atoms with Crippen molar-refractivity contribution in [2.45, 2.75) is 126 Å². The van der Waals surface area contributed by atoms with Crippen LogP contribution in [0.15, 0.2) is 110 Å². The number of carbonyl (C=O) groups excluding carboxylic acids is 3. The van der Waals surface area contributed by atoms with Gasteiger partial charge in [0.1, 0.15) is 40.1 Å². The minimum absolute atomic E-state index is 0. The number of benzene rings is 4. The SMILES string of the molecule is C.C.C#Cc1cccc2nc([C@H](C)N)n(C)c(=O)c12.C#Cc1cccc2nc([C@H](C)NC(=O)c3c(N)nn4cccnc34)n(C)c(=O)c12.CC#Cc1cccc2nc([C@H](C)NC(=O)OC(C)(C)C)n(C)c(=O)c12.C[C@H](NC(=O)OC(C)(C)C)c1nc2cccc(Cl)c2c(=O)n1C. The van der Waals surface area contributed by atoms with Crippen LogP contribution in [0.2, 0.25) is 5.02 Å². The van der Waals surface area contributed by atoms with Crippen LogP contribution in [0.1, 0.15) is 166 Å². The van der Waals surface area contributed by atoms with Crippen LogP contribution < -0.4 is 49.7 Å². The van der Waals surface area contributed by atoms with E-state index in [9.17, 15) is 33.6 Å². The van der Waals surface area contributed by atoms with Crippen molar-refractivity contribution >= 4 is 84.8 Å². The Bertz CT molecular complexity index is 5030. The minimum Gasteiger partial charge on any atom is -0.444 e. The molecule has 0 aliphatic rings. The molecule has 4 atom stereocenters. The Morgan fingerprint density at radius 1 is 0.562 bits per heavy atom. The molecule has 0 saturated carbocycles. The number of fused-ring (bicyclic) bond motifs is 5. The Kier molecular flexibility index (Phi) is 24.5. The van der Waals surface area contributed by atoms with Crippen molar-refractivity contribution in [3.63, 3.8) is 0 Å². The molecule has 0 saturated heterocycles. The monoisotopic (exact) mass is 1320 g/mol. The number of carbonyl (C=O) groups is 3. The lowest BCUT2D eigenvalue weighted by Crippen LogP contribution is -2.36. The van der Waals surface area contributed by atoms with Crippen molar-refractivity contribution in [2.75, 3.05) is 5.73 Å². The number of nitrogens with two attached hydrogens (primary N) is 2. The molecule has 6 heterocycles. The van der Waals surface area contributed by atoms with Gasteiger partial charge in [-0.25, -0.2) is 39.0 Å². The smallest absolute Gasteiger partial charge is 0.408 e. The molecule has 0 radical (unpaired) electrons. The number of aromatic nitrogens is 11. The lowest BCUT2D eigenvalue weighted by atomic mass is 10.1. The van der Waals surface area contributed by atoms with Crippen molar-refractivity contribution in [3.8, 4) is 36.5 Å². The van der Waals surface area contributed by atoms with E-state index < -0.39 is 47.4 Å². The molecule has 0 spiro atoms. The van der Waals surface area contributed by atoms with Gasteiger partial charge >= 0.3 is 12.2 Å². The molecule has 10 rings (SSSR count). The fraction of sp³-hybridized carbons (Fsp3) is 0.329. The summed E-state index contributed by atoms with van der Waals surface area (Å²) in [5.41, 5.74) is 13.9. The Morgan fingerprint density at radius 2 is 0.927 bits per heavy atom. The van der Waals surface area contributed by atoms with Crippen LogP contribution in [-0.2, 0) is 37.7 Å². The molecular weight excluding hydrogens is 1240 g/mol. The molecule has 4 aromatic carbocycles. The maximum Gasteiger partial charge on any atom is 0.408 e. The molecule has 0 aliphatic heterocycles. The zero-order chi connectivity index (χ0) is 69.4. The van der Waals surface area contributed by atoms with E-state index in [1.807, 2.05) is 6.07 Å². The van der Waals surface area contributed by atoms with Gasteiger partial charge in [0.15, 0.2) is 11.5 Å². The molecule has 26 heteroatoms. The van der Waals surface area contributed by atoms with Crippen LogP contribution in [0, 0.1) is 36.5 Å². The number of nitrogen functional groups attached to an aromatic ring is 1. The lowest BCUT2D eigenvalue weighted by Gasteiger charge is -2.22. The Balaban J connectivity index is 0.000000233. The Hall–Kier alpha value is -11.2. The van der Waals surface area contributed by atoms with Crippen molar-refractivity contribution in [3.05, 3.63) is 183 Å². The molecule has 502 valence electrons. The van der Waals surface area contributed by atoms with E-state index in [2.05, 4.69) is 69.7 Å². The normalized spacial score (nSPS) is 12.1. The summed E-state index contributed by atoms with van der Waals surface area (Å²) >= 11 is 6.08. The maximum absolute atomic E-state index is 12.9. The van der Waals surface area contributed by atoms with Crippen LogP contribution in [0.25, 0.3) is 49.3 Å². The summed E-state index contributed by atoms with van der Waals surface area (Å²) in [6, 6.07) is 20.7. The number of amides is 3. The highest BCUT2D eigenvalue weighted by atomic mass is 35.5. The molecule has 0 aliphatic carbocycles. The van der Waals surface area contributed by atoms with Crippen LogP contribution in [0.4, 0.5) is 15.4 Å². The van der Waals surface area contributed by atoms with Crippen LogP contribution in [-0.4, -0.2) is 82.1 Å². The molecule has 10 aromatic rings. The Morgan fingerprint density at radius 3 is 1.33 bits per heavy atom. The molecular formula is C70H81ClN16O9. The summed E-state index contributed by atoms with van der Waals surface area (Å²) in [5, 5.41) is 14.3. The zero-order valence-corrected chi connectivity index (χ0v) is 55.5. The van der Waals surface area contributed by atoms with Crippen LogP contribution >= 0.6 is 11.6 Å². The number of halogens is 1. The fourth-order valence-corrected chi connectivity index (χ4v) is 10.1. The van der Waals surface area contributed by atoms with Gasteiger partial charge in [0, 0.05) is 57.3 Å². The van der Waals surface area contributed by atoms with E-state index in [-0.39, 0.29) is 54.5 Å². The van der Waals surface area contributed by atoms with Gasteiger partial charge in [0.25, 0.3) is 28.1 Å². The number of alkyl carbamates (subject to hydrolysis) is 2. The fourth-order valence-electron chi connectivity index (χ4n) is 9.87. The van der Waals surface area contributed by atoms with E-state index in [1.54, 1.807) is 190 Å². The number of ether oxygens (including phenoxy) is 2. The summed E-state index contributed by atoms with van der Waals surface area (Å²) < 4.78 is 17.6. The van der Waals surface area contributed by atoms with Gasteiger partial charge in [-0.05, 0) is 131 Å². The summed E-state index contributed by atoms with van der Waals surface area (Å²) in [5.74, 6) is 12.2.